The first-order valence-electron chi connectivity index (χ1n) is 10.1. The maximum atomic E-state index is 13.5. The van der Waals surface area contributed by atoms with Gasteiger partial charge >= 0.3 is 0 Å². The number of fused-ring (bicyclic) bond motifs is 1. The zero-order valence-electron chi connectivity index (χ0n) is 17.7. The SMILES string of the molecule is Cc1ccc(C)c(N(Cc2cc3cc(C)ccc3[nH]c2=O)C(=O)c2ccc(Cl)cc2)c1. The van der Waals surface area contributed by atoms with Crippen LogP contribution in [-0.4, -0.2) is 10.9 Å². The average molecular weight is 431 g/mol. The van der Waals surface area contributed by atoms with Crippen LogP contribution in [0.1, 0.15) is 32.6 Å². The number of carbonyl (C=O) groups is 1. The fourth-order valence-corrected chi connectivity index (χ4v) is 3.81. The lowest BCUT2D eigenvalue weighted by Gasteiger charge is -2.25. The Hall–Kier alpha value is -3.37. The van der Waals surface area contributed by atoms with Gasteiger partial charge in [0.15, 0.2) is 0 Å². The van der Waals surface area contributed by atoms with Gasteiger partial charge in [-0.3, -0.25) is 9.59 Å². The van der Waals surface area contributed by atoms with Crippen molar-refractivity contribution in [3.8, 4) is 0 Å². The molecule has 4 rings (SSSR count). The lowest BCUT2D eigenvalue weighted by Crippen LogP contribution is -2.33. The molecule has 0 aliphatic carbocycles. The van der Waals surface area contributed by atoms with Crippen molar-refractivity contribution in [3.63, 3.8) is 0 Å². The summed E-state index contributed by atoms with van der Waals surface area (Å²) < 4.78 is 0. The lowest BCUT2D eigenvalue weighted by molar-refractivity contribution is 0.0985. The molecule has 156 valence electrons. The molecule has 0 saturated carbocycles. The van der Waals surface area contributed by atoms with Gasteiger partial charge in [0.05, 0.1) is 6.54 Å². The highest BCUT2D eigenvalue weighted by atomic mass is 35.5. The number of anilines is 1. The van der Waals surface area contributed by atoms with Crippen LogP contribution in [0.3, 0.4) is 0 Å². The van der Waals surface area contributed by atoms with E-state index in [1.165, 1.54) is 0 Å². The monoisotopic (exact) mass is 430 g/mol. The largest absolute Gasteiger partial charge is 0.322 e. The topological polar surface area (TPSA) is 53.2 Å². The quantitative estimate of drug-likeness (QED) is 0.434. The van der Waals surface area contributed by atoms with Crippen molar-refractivity contribution < 1.29 is 4.79 Å². The summed E-state index contributed by atoms with van der Waals surface area (Å²) in [5.41, 5.74) is 5.51. The first-order valence-corrected chi connectivity index (χ1v) is 10.5. The Morgan fingerprint density at radius 3 is 2.32 bits per heavy atom. The highest BCUT2D eigenvalue weighted by Gasteiger charge is 2.21. The van der Waals surface area contributed by atoms with E-state index >= 15 is 0 Å². The first kappa shape index (κ1) is 20.9. The zero-order chi connectivity index (χ0) is 22.1. The predicted octanol–water partition coefficient (Wildman–Crippen LogP) is 5.95. The number of carbonyl (C=O) groups excluding carboxylic acids is 1. The number of aryl methyl sites for hydroxylation is 3. The van der Waals surface area contributed by atoms with E-state index in [9.17, 15) is 9.59 Å². The molecule has 0 radical (unpaired) electrons. The van der Waals surface area contributed by atoms with Crippen molar-refractivity contribution >= 4 is 34.1 Å². The van der Waals surface area contributed by atoms with Crippen LogP contribution in [0, 0.1) is 20.8 Å². The minimum absolute atomic E-state index is 0.158. The van der Waals surface area contributed by atoms with E-state index < -0.39 is 0 Å². The number of amides is 1. The molecule has 0 fully saturated rings. The number of rotatable bonds is 4. The van der Waals surface area contributed by atoms with Gasteiger partial charge in [-0.2, -0.15) is 0 Å². The van der Waals surface area contributed by atoms with Crippen LogP contribution in [0.15, 0.2) is 71.5 Å². The number of H-pyrrole nitrogens is 1. The standard InChI is InChI=1S/C26H23ClN2O2/c1-16-5-11-23-20(12-16)14-21(25(30)28-23)15-29(24-13-17(2)4-6-18(24)3)26(31)19-7-9-22(27)10-8-19/h4-14H,15H2,1-3H3,(H,28,30). The molecule has 0 aliphatic rings. The fraction of sp³-hybridized carbons (Fsp3) is 0.154. The van der Waals surface area contributed by atoms with Crippen LogP contribution in [-0.2, 0) is 6.54 Å². The number of hydrogen-bond donors (Lipinski definition) is 1. The molecule has 4 nitrogen and oxygen atoms in total. The summed E-state index contributed by atoms with van der Waals surface area (Å²) in [6.45, 7) is 6.12. The number of aromatic nitrogens is 1. The van der Waals surface area contributed by atoms with Crippen LogP contribution < -0.4 is 10.5 Å². The lowest BCUT2D eigenvalue weighted by atomic mass is 10.1. The van der Waals surface area contributed by atoms with Gasteiger partial charge in [0.25, 0.3) is 11.5 Å². The third kappa shape index (κ3) is 4.39. The molecule has 0 unspecified atom stereocenters. The van der Waals surface area contributed by atoms with Gasteiger partial charge in [0.2, 0.25) is 0 Å². The van der Waals surface area contributed by atoms with Crippen LogP contribution in [0.2, 0.25) is 5.02 Å². The summed E-state index contributed by atoms with van der Waals surface area (Å²) in [6.07, 6.45) is 0. The van der Waals surface area contributed by atoms with Crippen LogP contribution in [0.25, 0.3) is 10.9 Å². The van der Waals surface area contributed by atoms with Crippen molar-refractivity contribution in [2.75, 3.05) is 4.90 Å². The van der Waals surface area contributed by atoms with E-state index in [0.717, 1.165) is 33.3 Å². The molecule has 1 aromatic heterocycles. The van der Waals surface area contributed by atoms with E-state index in [4.69, 9.17) is 11.6 Å². The molecule has 1 N–H and O–H groups in total. The molecule has 1 amide bonds. The Morgan fingerprint density at radius 2 is 1.58 bits per heavy atom. The van der Waals surface area contributed by atoms with Gasteiger partial charge < -0.3 is 9.88 Å². The molecule has 0 aliphatic heterocycles. The third-order valence-electron chi connectivity index (χ3n) is 5.40. The van der Waals surface area contributed by atoms with E-state index in [1.807, 2.05) is 63.2 Å². The summed E-state index contributed by atoms with van der Waals surface area (Å²) in [5.74, 6) is -0.186. The average Bonchev–Trinajstić information content (AvgIpc) is 2.74. The minimum Gasteiger partial charge on any atom is -0.322 e. The number of benzene rings is 3. The number of aromatic amines is 1. The van der Waals surface area contributed by atoms with Crippen molar-refractivity contribution in [3.05, 3.63) is 110 Å². The van der Waals surface area contributed by atoms with E-state index in [2.05, 4.69) is 4.98 Å². The van der Waals surface area contributed by atoms with Gasteiger partial charge in [0, 0.05) is 27.4 Å². The summed E-state index contributed by atoms with van der Waals surface area (Å²) in [4.78, 5) is 31.0. The van der Waals surface area contributed by atoms with Crippen molar-refractivity contribution in [1.29, 1.82) is 0 Å². The summed E-state index contributed by atoms with van der Waals surface area (Å²) >= 11 is 6.01. The molecule has 1 heterocycles. The highest BCUT2D eigenvalue weighted by molar-refractivity contribution is 6.30. The predicted molar refractivity (Wildman–Crippen MR) is 127 cm³/mol. The van der Waals surface area contributed by atoms with Gasteiger partial charge in [-0.05, 0) is 85.8 Å². The van der Waals surface area contributed by atoms with Gasteiger partial charge in [0.1, 0.15) is 0 Å². The summed E-state index contributed by atoms with van der Waals surface area (Å²) in [6, 6.07) is 20.5. The Morgan fingerprint density at radius 1 is 0.903 bits per heavy atom. The maximum absolute atomic E-state index is 13.5. The van der Waals surface area contributed by atoms with E-state index in [1.54, 1.807) is 29.2 Å². The van der Waals surface area contributed by atoms with Crippen molar-refractivity contribution in [1.82, 2.24) is 4.98 Å². The number of pyridine rings is 1. The molecule has 0 saturated heterocycles. The number of nitrogens with one attached hydrogen (secondary N) is 1. The smallest absolute Gasteiger partial charge is 0.258 e. The van der Waals surface area contributed by atoms with Gasteiger partial charge in [-0.15, -0.1) is 0 Å². The summed E-state index contributed by atoms with van der Waals surface area (Å²) in [7, 11) is 0. The minimum atomic E-state index is -0.199. The zero-order valence-corrected chi connectivity index (χ0v) is 18.5. The second kappa shape index (κ2) is 8.40. The van der Waals surface area contributed by atoms with Crippen LogP contribution in [0.4, 0.5) is 5.69 Å². The van der Waals surface area contributed by atoms with Crippen LogP contribution >= 0.6 is 11.6 Å². The molecular weight excluding hydrogens is 408 g/mol. The van der Waals surface area contributed by atoms with Gasteiger partial charge in [-0.1, -0.05) is 35.4 Å². The normalized spacial score (nSPS) is 11.0. The van der Waals surface area contributed by atoms with E-state index in [-0.39, 0.29) is 18.0 Å². The number of hydrogen-bond acceptors (Lipinski definition) is 2. The highest BCUT2D eigenvalue weighted by Crippen LogP contribution is 2.26. The molecule has 5 heteroatoms. The van der Waals surface area contributed by atoms with Gasteiger partial charge in [-0.25, -0.2) is 0 Å². The Labute approximate surface area is 186 Å². The molecule has 0 atom stereocenters. The molecule has 0 bridgehead atoms. The molecule has 0 spiro atoms. The second-order valence-electron chi connectivity index (χ2n) is 7.90. The summed E-state index contributed by atoms with van der Waals surface area (Å²) in [5, 5.41) is 1.51. The molecule has 31 heavy (non-hydrogen) atoms. The Bertz CT molecular complexity index is 1340. The maximum Gasteiger partial charge on any atom is 0.258 e. The van der Waals surface area contributed by atoms with Crippen LogP contribution in [0.5, 0.6) is 0 Å². The van der Waals surface area contributed by atoms with Crippen molar-refractivity contribution in [2.45, 2.75) is 27.3 Å². The molecular formula is C26H23ClN2O2. The molecule has 3 aromatic carbocycles. The van der Waals surface area contributed by atoms with E-state index in [0.29, 0.717) is 16.1 Å². The number of nitrogens with zero attached hydrogens (tertiary/aromatic N) is 1. The molecule has 4 aromatic rings. The number of halogens is 1. The fourth-order valence-electron chi connectivity index (χ4n) is 3.68. The van der Waals surface area contributed by atoms with Crippen molar-refractivity contribution in [2.24, 2.45) is 0 Å². The second-order valence-corrected chi connectivity index (χ2v) is 8.34. The Balaban J connectivity index is 1.83. The third-order valence-corrected chi connectivity index (χ3v) is 5.65. The Kier molecular flexibility index (Phi) is 5.66. The first-order chi connectivity index (χ1) is 14.8.